The van der Waals surface area contributed by atoms with Gasteiger partial charge in [0.25, 0.3) is 0 Å². The van der Waals surface area contributed by atoms with Crippen molar-refractivity contribution in [1.82, 2.24) is 4.98 Å². The van der Waals surface area contributed by atoms with Crippen LogP contribution in [0.25, 0.3) is 10.2 Å². The summed E-state index contributed by atoms with van der Waals surface area (Å²) in [5.74, 6) is 0. The summed E-state index contributed by atoms with van der Waals surface area (Å²) in [5, 5.41) is 27.8. The van der Waals surface area contributed by atoms with E-state index in [-0.39, 0.29) is 6.61 Å². The summed E-state index contributed by atoms with van der Waals surface area (Å²) in [6.07, 6.45) is 0.396. The van der Waals surface area contributed by atoms with Gasteiger partial charge in [-0.05, 0) is 36.4 Å². The fraction of sp³-hybridized carbons (Fsp3) is 0.222. The van der Waals surface area contributed by atoms with Crippen molar-refractivity contribution in [1.29, 1.82) is 5.26 Å². The summed E-state index contributed by atoms with van der Waals surface area (Å²) < 4.78 is 0.894. The zero-order chi connectivity index (χ0) is 19.2. The molecule has 0 spiro atoms. The predicted molar refractivity (Wildman–Crippen MR) is 110 cm³/mol. The minimum absolute atomic E-state index is 0.0263. The quantitative estimate of drug-likeness (QED) is 0.495. The zero-order valence-electron chi connectivity index (χ0n) is 14.1. The summed E-state index contributed by atoms with van der Waals surface area (Å²) in [5.41, 5.74) is 2.33. The smallest absolute Gasteiger partial charge is 0.231 e. The zero-order valence-corrected chi connectivity index (χ0v) is 16.5. The van der Waals surface area contributed by atoms with Gasteiger partial charge >= 0.3 is 0 Å². The van der Waals surface area contributed by atoms with Crippen molar-refractivity contribution < 1.29 is 5.11 Å². The Balaban J connectivity index is 1.74. The number of hydrogen-bond acceptors (Lipinski definition) is 7. The number of thiazole rings is 1. The van der Waals surface area contributed by atoms with Crippen LogP contribution in [0.4, 0.5) is 16.5 Å². The van der Waals surface area contributed by atoms with Crippen molar-refractivity contribution in [3.8, 4) is 6.07 Å². The van der Waals surface area contributed by atoms with Crippen molar-refractivity contribution in [2.75, 3.05) is 24.6 Å². The summed E-state index contributed by atoms with van der Waals surface area (Å²) in [4.78, 5) is 6.33. The summed E-state index contributed by atoms with van der Waals surface area (Å²) in [6, 6.07) is 13.0. The number of aliphatic hydroxyl groups is 1. The molecule has 27 heavy (non-hydrogen) atoms. The number of fused-ring (bicyclic) bond motifs is 1. The first-order valence-electron chi connectivity index (χ1n) is 8.11. The average Bonchev–Trinajstić information content (AvgIpc) is 3.06. The molecule has 0 fully saturated rings. The maximum absolute atomic E-state index is 9.18. The van der Waals surface area contributed by atoms with E-state index in [1.54, 1.807) is 12.1 Å². The number of halogens is 2. The average molecular weight is 420 g/mol. The number of benzene rings is 2. The van der Waals surface area contributed by atoms with Crippen LogP contribution in [-0.4, -0.2) is 29.8 Å². The number of hydrogen-bond donors (Lipinski definition) is 1. The first kappa shape index (κ1) is 19.5. The molecular weight excluding hydrogens is 405 g/mol. The van der Waals surface area contributed by atoms with Gasteiger partial charge in [-0.25, -0.2) is 4.98 Å². The molecule has 138 valence electrons. The third-order valence-electron chi connectivity index (χ3n) is 3.75. The highest BCUT2D eigenvalue weighted by molar-refractivity contribution is 7.22. The van der Waals surface area contributed by atoms with Crippen LogP contribution < -0.4 is 4.90 Å². The lowest BCUT2D eigenvalue weighted by atomic mass is 10.2. The van der Waals surface area contributed by atoms with E-state index in [2.05, 4.69) is 21.3 Å². The van der Waals surface area contributed by atoms with Crippen LogP contribution in [-0.2, 0) is 0 Å². The Morgan fingerprint density at radius 2 is 1.85 bits per heavy atom. The maximum atomic E-state index is 9.18. The Morgan fingerprint density at radius 1 is 1.11 bits per heavy atom. The first-order chi connectivity index (χ1) is 13.1. The summed E-state index contributed by atoms with van der Waals surface area (Å²) >= 11 is 13.4. The summed E-state index contributed by atoms with van der Waals surface area (Å²) in [7, 11) is 0. The van der Waals surface area contributed by atoms with Gasteiger partial charge in [0.05, 0.1) is 45.0 Å². The largest absolute Gasteiger partial charge is 0.395 e. The van der Waals surface area contributed by atoms with E-state index in [1.165, 1.54) is 11.3 Å². The van der Waals surface area contributed by atoms with Crippen LogP contribution >= 0.6 is 34.5 Å². The van der Waals surface area contributed by atoms with Gasteiger partial charge in [0.1, 0.15) is 0 Å². The van der Waals surface area contributed by atoms with Gasteiger partial charge in [-0.2, -0.15) is 5.26 Å². The van der Waals surface area contributed by atoms with Gasteiger partial charge in [-0.3, -0.25) is 0 Å². The van der Waals surface area contributed by atoms with E-state index in [0.717, 1.165) is 15.9 Å². The normalized spacial score (nSPS) is 11.2. The van der Waals surface area contributed by atoms with E-state index in [4.69, 9.17) is 28.5 Å². The number of aliphatic hydroxyl groups excluding tert-OH is 1. The summed E-state index contributed by atoms with van der Waals surface area (Å²) in [6.45, 7) is 1.06. The number of anilines is 1. The first-order valence-corrected chi connectivity index (χ1v) is 9.68. The fourth-order valence-electron chi connectivity index (χ4n) is 2.46. The molecule has 0 aliphatic carbocycles. The highest BCUT2D eigenvalue weighted by Crippen LogP contribution is 2.34. The molecule has 9 heteroatoms. The molecule has 0 aliphatic rings. The van der Waals surface area contributed by atoms with Gasteiger partial charge < -0.3 is 10.0 Å². The van der Waals surface area contributed by atoms with Crippen LogP contribution in [0.3, 0.4) is 0 Å². The van der Waals surface area contributed by atoms with Crippen molar-refractivity contribution in [3.05, 3.63) is 46.4 Å². The van der Waals surface area contributed by atoms with Gasteiger partial charge in [0, 0.05) is 18.8 Å². The van der Waals surface area contributed by atoms with Crippen LogP contribution in [0.15, 0.2) is 46.6 Å². The Morgan fingerprint density at radius 3 is 2.56 bits per heavy atom. The molecule has 0 bridgehead atoms. The second-order valence-electron chi connectivity index (χ2n) is 5.57. The number of rotatable bonds is 7. The van der Waals surface area contributed by atoms with Gasteiger partial charge in [0.15, 0.2) is 0 Å². The van der Waals surface area contributed by atoms with E-state index in [0.29, 0.717) is 40.4 Å². The highest BCUT2D eigenvalue weighted by atomic mass is 35.5. The Bertz CT molecular complexity index is 958. The monoisotopic (exact) mass is 419 g/mol. The minimum atomic E-state index is 0.0263. The predicted octanol–water partition coefficient (Wildman–Crippen LogP) is 5.73. The minimum Gasteiger partial charge on any atom is -0.395 e. The molecule has 1 heterocycles. The Labute approximate surface area is 170 Å². The molecule has 0 atom stereocenters. The molecule has 6 nitrogen and oxygen atoms in total. The van der Waals surface area contributed by atoms with Crippen molar-refractivity contribution in [3.63, 3.8) is 0 Å². The number of aromatic nitrogens is 1. The number of nitriles is 1. The molecule has 0 amide bonds. The molecule has 0 saturated carbocycles. The second-order valence-corrected chi connectivity index (χ2v) is 7.39. The molecule has 0 saturated heterocycles. The molecule has 1 aromatic heterocycles. The number of azo groups is 1. The fourth-order valence-corrected chi connectivity index (χ4v) is 3.66. The standard InChI is InChI=1S/C18H15Cl2N5OS/c19-14-10-16-17(11-15(14)20)27-18(22-16)24-23-12-2-4-13(5-3-12)25(8-9-26)7-1-6-21/h2-5,10-11,26H,1,7-9H2. The second kappa shape index (κ2) is 9.11. The van der Waals surface area contributed by atoms with Gasteiger partial charge in [0.2, 0.25) is 5.13 Å². The maximum Gasteiger partial charge on any atom is 0.231 e. The SMILES string of the molecule is N#CCCN(CCO)c1ccc(N=Nc2nc3cc(Cl)c(Cl)cc3s2)cc1. The van der Waals surface area contributed by atoms with E-state index < -0.39 is 0 Å². The Kier molecular flexibility index (Phi) is 6.58. The molecule has 1 N–H and O–H groups in total. The van der Waals surface area contributed by atoms with Gasteiger partial charge in [-0.15, -0.1) is 10.2 Å². The van der Waals surface area contributed by atoms with Gasteiger partial charge in [-0.1, -0.05) is 34.5 Å². The van der Waals surface area contributed by atoms with Crippen molar-refractivity contribution in [2.24, 2.45) is 10.2 Å². The van der Waals surface area contributed by atoms with Crippen LogP contribution in [0, 0.1) is 11.3 Å². The third kappa shape index (κ3) is 4.93. The van der Waals surface area contributed by atoms with Crippen LogP contribution in [0.1, 0.15) is 6.42 Å². The van der Waals surface area contributed by atoms with Crippen molar-refractivity contribution >= 4 is 61.3 Å². The third-order valence-corrected chi connectivity index (χ3v) is 5.37. The van der Waals surface area contributed by atoms with Crippen LogP contribution in [0.5, 0.6) is 0 Å². The Hall–Kier alpha value is -2.24. The van der Waals surface area contributed by atoms with E-state index in [9.17, 15) is 5.11 Å². The lowest BCUT2D eigenvalue weighted by Gasteiger charge is -2.22. The number of nitrogens with zero attached hydrogens (tertiary/aromatic N) is 5. The molecule has 0 unspecified atom stereocenters. The van der Waals surface area contributed by atoms with E-state index in [1.807, 2.05) is 29.2 Å². The molecule has 0 aliphatic heterocycles. The lowest BCUT2D eigenvalue weighted by molar-refractivity contribution is 0.302. The van der Waals surface area contributed by atoms with E-state index >= 15 is 0 Å². The lowest BCUT2D eigenvalue weighted by Crippen LogP contribution is -2.27. The molecule has 3 aromatic rings. The van der Waals surface area contributed by atoms with Crippen LogP contribution in [0.2, 0.25) is 10.0 Å². The molecular formula is C18H15Cl2N5OS. The highest BCUT2D eigenvalue weighted by Gasteiger charge is 2.08. The van der Waals surface area contributed by atoms with Crippen molar-refractivity contribution in [2.45, 2.75) is 6.42 Å². The topological polar surface area (TPSA) is 84.9 Å². The molecule has 0 radical (unpaired) electrons. The molecule has 2 aromatic carbocycles. The molecule has 3 rings (SSSR count).